The van der Waals surface area contributed by atoms with Crippen LogP contribution in [0.3, 0.4) is 0 Å². The summed E-state index contributed by atoms with van der Waals surface area (Å²) in [6.07, 6.45) is 0. The van der Waals surface area contributed by atoms with Crippen LogP contribution in [-0.4, -0.2) is 32.7 Å². The lowest BCUT2D eigenvalue weighted by atomic mass is 10.3. The Morgan fingerprint density at radius 1 is 1.12 bits per heavy atom. The molecule has 0 fully saturated rings. The van der Waals surface area contributed by atoms with E-state index < -0.39 is 16.1 Å². The lowest BCUT2D eigenvalue weighted by Gasteiger charge is -2.14. The van der Waals surface area contributed by atoms with Crippen molar-refractivity contribution in [1.82, 2.24) is 10.0 Å². The standard InChI is InChI=1S/C17H19ClN2O3S2/c1-13(20-25(22,23)16-9-7-14(18)8-10-16)17(21)19-11-12-24-15-5-3-2-4-6-15/h2-10,13,20H,11-12H2,1H3,(H,19,21)/t13-/m0/s1. The maximum absolute atomic E-state index is 12.2. The third-order valence-electron chi connectivity index (χ3n) is 3.26. The fraction of sp³-hybridized carbons (Fsp3) is 0.235. The third kappa shape index (κ3) is 6.36. The Labute approximate surface area is 157 Å². The highest BCUT2D eigenvalue weighted by Crippen LogP contribution is 2.16. The number of nitrogens with one attached hydrogen (secondary N) is 2. The number of hydrogen-bond acceptors (Lipinski definition) is 4. The highest BCUT2D eigenvalue weighted by molar-refractivity contribution is 7.99. The highest BCUT2D eigenvalue weighted by Gasteiger charge is 2.21. The number of hydrogen-bond donors (Lipinski definition) is 2. The zero-order chi connectivity index (χ0) is 18.3. The summed E-state index contributed by atoms with van der Waals surface area (Å²) in [5.74, 6) is 0.332. The first-order valence-electron chi connectivity index (χ1n) is 7.62. The Morgan fingerprint density at radius 2 is 1.76 bits per heavy atom. The predicted octanol–water partition coefficient (Wildman–Crippen LogP) is 2.92. The van der Waals surface area contributed by atoms with Crippen LogP contribution in [0.2, 0.25) is 5.02 Å². The maximum Gasteiger partial charge on any atom is 0.241 e. The van der Waals surface area contributed by atoms with Gasteiger partial charge in [0.15, 0.2) is 0 Å². The summed E-state index contributed by atoms with van der Waals surface area (Å²) in [6, 6.07) is 14.7. The molecule has 0 aromatic heterocycles. The van der Waals surface area contributed by atoms with Crippen LogP contribution in [0.4, 0.5) is 0 Å². The zero-order valence-corrected chi connectivity index (χ0v) is 16.0. The van der Waals surface area contributed by atoms with Crippen molar-refractivity contribution >= 4 is 39.3 Å². The summed E-state index contributed by atoms with van der Waals surface area (Å²) in [6.45, 7) is 1.96. The van der Waals surface area contributed by atoms with E-state index in [1.807, 2.05) is 30.3 Å². The number of rotatable bonds is 8. The monoisotopic (exact) mass is 398 g/mol. The van der Waals surface area contributed by atoms with E-state index in [0.29, 0.717) is 17.3 Å². The molecule has 1 atom stereocenters. The van der Waals surface area contributed by atoms with E-state index in [4.69, 9.17) is 11.6 Å². The molecule has 2 rings (SSSR count). The molecule has 134 valence electrons. The second-order valence-electron chi connectivity index (χ2n) is 5.25. The van der Waals surface area contributed by atoms with Crippen LogP contribution in [0.5, 0.6) is 0 Å². The van der Waals surface area contributed by atoms with Gasteiger partial charge < -0.3 is 5.32 Å². The Hall–Kier alpha value is -1.54. The van der Waals surface area contributed by atoms with Crippen molar-refractivity contribution in [3.05, 3.63) is 59.6 Å². The average molecular weight is 399 g/mol. The molecular formula is C17H19ClN2O3S2. The first-order valence-corrected chi connectivity index (χ1v) is 10.5. The molecule has 2 aromatic carbocycles. The lowest BCUT2D eigenvalue weighted by Crippen LogP contribution is -2.45. The van der Waals surface area contributed by atoms with Crippen LogP contribution in [0.15, 0.2) is 64.4 Å². The smallest absolute Gasteiger partial charge is 0.241 e. The van der Waals surface area contributed by atoms with Gasteiger partial charge >= 0.3 is 0 Å². The molecule has 0 spiro atoms. The summed E-state index contributed by atoms with van der Waals surface area (Å²) in [5.41, 5.74) is 0. The van der Waals surface area contributed by atoms with Gasteiger partial charge in [0, 0.05) is 22.2 Å². The first kappa shape index (κ1) is 19.8. The number of amides is 1. The van der Waals surface area contributed by atoms with Gasteiger partial charge in [0.05, 0.1) is 10.9 Å². The van der Waals surface area contributed by atoms with E-state index in [2.05, 4.69) is 10.0 Å². The number of carbonyl (C=O) groups excluding carboxylic acids is 1. The minimum atomic E-state index is -3.77. The van der Waals surface area contributed by atoms with E-state index in [9.17, 15) is 13.2 Å². The molecule has 1 amide bonds. The van der Waals surface area contributed by atoms with Crippen LogP contribution in [0.1, 0.15) is 6.92 Å². The summed E-state index contributed by atoms with van der Waals surface area (Å²) in [5, 5.41) is 3.17. The zero-order valence-electron chi connectivity index (χ0n) is 13.6. The van der Waals surface area contributed by atoms with Gasteiger partial charge in [0.25, 0.3) is 0 Å². The van der Waals surface area contributed by atoms with Crippen LogP contribution in [-0.2, 0) is 14.8 Å². The first-order chi connectivity index (χ1) is 11.9. The molecule has 2 aromatic rings. The Morgan fingerprint density at radius 3 is 2.40 bits per heavy atom. The van der Waals surface area contributed by atoms with Crippen LogP contribution in [0, 0.1) is 0 Å². The number of halogens is 1. The van der Waals surface area contributed by atoms with Crippen LogP contribution < -0.4 is 10.0 Å². The minimum Gasteiger partial charge on any atom is -0.354 e. The molecule has 0 saturated heterocycles. The summed E-state index contributed by atoms with van der Waals surface area (Å²) in [7, 11) is -3.77. The van der Waals surface area contributed by atoms with Crippen LogP contribution >= 0.6 is 23.4 Å². The SMILES string of the molecule is C[C@H](NS(=O)(=O)c1ccc(Cl)cc1)C(=O)NCCSc1ccccc1. The topological polar surface area (TPSA) is 75.3 Å². The number of thioether (sulfide) groups is 1. The Balaban J connectivity index is 1.80. The molecule has 25 heavy (non-hydrogen) atoms. The molecule has 0 aliphatic carbocycles. The Kier molecular flexibility index (Phi) is 7.31. The van der Waals surface area contributed by atoms with Crippen molar-refractivity contribution in [2.75, 3.05) is 12.3 Å². The highest BCUT2D eigenvalue weighted by atomic mass is 35.5. The summed E-state index contributed by atoms with van der Waals surface area (Å²) < 4.78 is 26.8. The van der Waals surface area contributed by atoms with Crippen molar-refractivity contribution in [2.45, 2.75) is 22.8 Å². The molecule has 0 bridgehead atoms. The normalized spacial score (nSPS) is 12.6. The quantitative estimate of drug-likeness (QED) is 0.529. The molecule has 0 aliphatic rings. The van der Waals surface area contributed by atoms with Gasteiger partial charge in [-0.1, -0.05) is 29.8 Å². The molecule has 2 N–H and O–H groups in total. The summed E-state index contributed by atoms with van der Waals surface area (Å²) >= 11 is 7.37. The average Bonchev–Trinajstić information content (AvgIpc) is 2.59. The van der Waals surface area contributed by atoms with Crippen LogP contribution in [0.25, 0.3) is 0 Å². The molecule has 0 saturated carbocycles. The molecule has 8 heteroatoms. The van der Waals surface area contributed by atoms with E-state index in [-0.39, 0.29) is 10.8 Å². The molecular weight excluding hydrogens is 380 g/mol. The van der Waals surface area contributed by atoms with Gasteiger partial charge in [-0.05, 0) is 43.3 Å². The van der Waals surface area contributed by atoms with E-state index in [1.54, 1.807) is 11.8 Å². The Bertz CT molecular complexity index is 796. The fourth-order valence-corrected chi connectivity index (χ4v) is 4.10. The molecule has 0 radical (unpaired) electrons. The van der Waals surface area contributed by atoms with Crippen molar-refractivity contribution in [3.63, 3.8) is 0 Å². The number of carbonyl (C=O) groups is 1. The van der Waals surface area contributed by atoms with Gasteiger partial charge in [-0.3, -0.25) is 4.79 Å². The van der Waals surface area contributed by atoms with Gasteiger partial charge in [0.2, 0.25) is 15.9 Å². The van der Waals surface area contributed by atoms with Gasteiger partial charge in [-0.25, -0.2) is 8.42 Å². The van der Waals surface area contributed by atoms with Crippen molar-refractivity contribution < 1.29 is 13.2 Å². The van der Waals surface area contributed by atoms with E-state index in [1.165, 1.54) is 31.2 Å². The fourth-order valence-electron chi connectivity index (χ4n) is 1.98. The molecule has 5 nitrogen and oxygen atoms in total. The van der Waals surface area contributed by atoms with Crippen molar-refractivity contribution in [1.29, 1.82) is 0 Å². The molecule has 0 heterocycles. The minimum absolute atomic E-state index is 0.0659. The van der Waals surface area contributed by atoms with Gasteiger partial charge in [0.1, 0.15) is 0 Å². The summed E-state index contributed by atoms with van der Waals surface area (Å²) in [4.78, 5) is 13.2. The second-order valence-corrected chi connectivity index (χ2v) is 8.57. The molecule has 0 unspecified atom stereocenters. The largest absolute Gasteiger partial charge is 0.354 e. The molecule has 0 aliphatic heterocycles. The number of benzene rings is 2. The van der Waals surface area contributed by atoms with E-state index in [0.717, 1.165) is 4.90 Å². The third-order valence-corrected chi connectivity index (χ3v) is 6.08. The van der Waals surface area contributed by atoms with Crippen molar-refractivity contribution in [2.24, 2.45) is 0 Å². The van der Waals surface area contributed by atoms with Crippen molar-refractivity contribution in [3.8, 4) is 0 Å². The maximum atomic E-state index is 12.2. The lowest BCUT2D eigenvalue weighted by molar-refractivity contribution is -0.122. The number of sulfonamides is 1. The van der Waals surface area contributed by atoms with Gasteiger partial charge in [-0.15, -0.1) is 11.8 Å². The van der Waals surface area contributed by atoms with Gasteiger partial charge in [-0.2, -0.15) is 4.72 Å². The predicted molar refractivity (Wildman–Crippen MR) is 101 cm³/mol. The van der Waals surface area contributed by atoms with E-state index >= 15 is 0 Å². The second kappa shape index (κ2) is 9.24.